The van der Waals surface area contributed by atoms with Gasteiger partial charge in [-0.3, -0.25) is 4.79 Å². The van der Waals surface area contributed by atoms with Gasteiger partial charge in [0.15, 0.2) is 0 Å². The van der Waals surface area contributed by atoms with Gasteiger partial charge in [-0.05, 0) is 20.3 Å². The Labute approximate surface area is 98.1 Å². The fourth-order valence-corrected chi connectivity index (χ4v) is 2.15. The Morgan fingerprint density at radius 3 is 2.75 bits per heavy atom. The highest BCUT2D eigenvalue weighted by atomic mass is 16.5. The molecule has 1 rings (SSSR count). The molecule has 1 aliphatic rings. The maximum absolute atomic E-state index is 12.2. The van der Waals surface area contributed by atoms with E-state index >= 15 is 0 Å². The number of nitrogens with two attached hydrogens (primary N) is 1. The highest BCUT2D eigenvalue weighted by Gasteiger charge is 2.32. The summed E-state index contributed by atoms with van der Waals surface area (Å²) < 4.78 is 5.59. The van der Waals surface area contributed by atoms with Gasteiger partial charge in [-0.15, -0.1) is 0 Å². The quantitative estimate of drug-likeness (QED) is 0.781. The maximum Gasteiger partial charge on any atom is 0.227 e. The van der Waals surface area contributed by atoms with Gasteiger partial charge in [0, 0.05) is 19.6 Å². The molecule has 0 aliphatic carbocycles. The standard InChI is InChI=1S/C12H24N2O2/c1-4-5-10(8-13)11(15)14-6-7-16-12(2,3)9-14/h10H,4-9,13H2,1-3H3. The van der Waals surface area contributed by atoms with Crippen molar-refractivity contribution in [3.8, 4) is 0 Å². The number of carbonyl (C=O) groups is 1. The van der Waals surface area contributed by atoms with Crippen molar-refractivity contribution in [1.82, 2.24) is 4.90 Å². The zero-order chi connectivity index (χ0) is 12.2. The summed E-state index contributed by atoms with van der Waals surface area (Å²) in [6, 6.07) is 0. The molecule has 0 aromatic heterocycles. The molecule has 1 amide bonds. The van der Waals surface area contributed by atoms with Crippen molar-refractivity contribution in [2.45, 2.75) is 39.2 Å². The molecule has 0 aromatic carbocycles. The monoisotopic (exact) mass is 228 g/mol. The van der Waals surface area contributed by atoms with Gasteiger partial charge in [-0.1, -0.05) is 13.3 Å². The topological polar surface area (TPSA) is 55.6 Å². The van der Waals surface area contributed by atoms with E-state index < -0.39 is 0 Å². The van der Waals surface area contributed by atoms with Crippen LogP contribution in [0.3, 0.4) is 0 Å². The average Bonchev–Trinajstić information content (AvgIpc) is 2.23. The number of nitrogens with zero attached hydrogens (tertiary/aromatic N) is 1. The number of morpholine rings is 1. The minimum atomic E-state index is -0.223. The lowest BCUT2D eigenvalue weighted by atomic mass is 10.00. The molecular weight excluding hydrogens is 204 g/mol. The minimum Gasteiger partial charge on any atom is -0.372 e. The van der Waals surface area contributed by atoms with Crippen molar-refractivity contribution in [1.29, 1.82) is 0 Å². The molecule has 0 radical (unpaired) electrons. The fraction of sp³-hybridized carbons (Fsp3) is 0.917. The third kappa shape index (κ3) is 3.46. The molecule has 1 aliphatic heterocycles. The van der Waals surface area contributed by atoms with Crippen LogP contribution < -0.4 is 5.73 Å². The van der Waals surface area contributed by atoms with Crippen molar-refractivity contribution in [3.05, 3.63) is 0 Å². The van der Waals surface area contributed by atoms with Crippen molar-refractivity contribution < 1.29 is 9.53 Å². The number of rotatable bonds is 4. The van der Waals surface area contributed by atoms with E-state index in [1.54, 1.807) is 0 Å². The minimum absolute atomic E-state index is 0.0149. The summed E-state index contributed by atoms with van der Waals surface area (Å²) in [4.78, 5) is 14.1. The molecule has 1 unspecified atom stereocenters. The van der Waals surface area contributed by atoms with E-state index in [1.165, 1.54) is 0 Å². The van der Waals surface area contributed by atoms with E-state index in [4.69, 9.17) is 10.5 Å². The summed E-state index contributed by atoms with van der Waals surface area (Å²) in [6.45, 7) is 8.56. The predicted octanol–water partition coefficient (Wildman–Crippen LogP) is 0.999. The van der Waals surface area contributed by atoms with Gasteiger partial charge in [0.05, 0.1) is 18.1 Å². The van der Waals surface area contributed by atoms with Gasteiger partial charge >= 0.3 is 0 Å². The van der Waals surface area contributed by atoms with Crippen LogP contribution in [0.25, 0.3) is 0 Å². The highest BCUT2D eigenvalue weighted by Crippen LogP contribution is 2.19. The third-order valence-electron chi connectivity index (χ3n) is 3.01. The predicted molar refractivity (Wildman–Crippen MR) is 64.1 cm³/mol. The van der Waals surface area contributed by atoms with Crippen LogP contribution in [0.5, 0.6) is 0 Å². The second kappa shape index (κ2) is 5.64. The highest BCUT2D eigenvalue weighted by molar-refractivity contribution is 5.79. The van der Waals surface area contributed by atoms with Gasteiger partial charge in [0.1, 0.15) is 0 Å². The molecule has 1 heterocycles. The molecule has 4 nitrogen and oxygen atoms in total. The Bertz CT molecular complexity index is 241. The first-order valence-electron chi connectivity index (χ1n) is 6.13. The number of carbonyl (C=O) groups excluding carboxylic acids is 1. The summed E-state index contributed by atoms with van der Waals surface area (Å²) in [5.74, 6) is 0.180. The molecule has 1 fully saturated rings. The van der Waals surface area contributed by atoms with Crippen LogP contribution in [-0.4, -0.2) is 42.6 Å². The first-order valence-corrected chi connectivity index (χ1v) is 6.13. The van der Waals surface area contributed by atoms with Gasteiger partial charge in [0.2, 0.25) is 5.91 Å². The molecule has 0 aromatic rings. The largest absolute Gasteiger partial charge is 0.372 e. The third-order valence-corrected chi connectivity index (χ3v) is 3.01. The van der Waals surface area contributed by atoms with Gasteiger partial charge < -0.3 is 15.4 Å². The van der Waals surface area contributed by atoms with E-state index in [-0.39, 0.29) is 17.4 Å². The van der Waals surface area contributed by atoms with Gasteiger partial charge in [-0.2, -0.15) is 0 Å². The van der Waals surface area contributed by atoms with Crippen LogP contribution in [0.15, 0.2) is 0 Å². The van der Waals surface area contributed by atoms with Crippen LogP contribution >= 0.6 is 0 Å². The molecule has 2 N–H and O–H groups in total. The van der Waals surface area contributed by atoms with Crippen molar-refractivity contribution >= 4 is 5.91 Å². The smallest absolute Gasteiger partial charge is 0.227 e. The Morgan fingerprint density at radius 1 is 1.56 bits per heavy atom. The molecule has 1 atom stereocenters. The first kappa shape index (κ1) is 13.5. The Morgan fingerprint density at radius 2 is 2.25 bits per heavy atom. The first-order chi connectivity index (χ1) is 7.50. The molecule has 4 heteroatoms. The lowest BCUT2D eigenvalue weighted by Crippen LogP contribution is -2.52. The Kier molecular flexibility index (Phi) is 4.74. The zero-order valence-electron chi connectivity index (χ0n) is 10.7. The van der Waals surface area contributed by atoms with E-state index in [0.717, 1.165) is 12.8 Å². The van der Waals surface area contributed by atoms with Gasteiger partial charge in [-0.25, -0.2) is 0 Å². The number of hydrogen-bond acceptors (Lipinski definition) is 3. The SMILES string of the molecule is CCCC(CN)C(=O)N1CCOC(C)(C)C1. The second-order valence-electron chi connectivity index (χ2n) is 5.09. The van der Waals surface area contributed by atoms with E-state index in [9.17, 15) is 4.79 Å². The molecular formula is C12H24N2O2. The normalized spacial score (nSPS) is 21.9. The molecule has 1 saturated heterocycles. The van der Waals surface area contributed by atoms with Crippen LogP contribution in [-0.2, 0) is 9.53 Å². The zero-order valence-corrected chi connectivity index (χ0v) is 10.7. The van der Waals surface area contributed by atoms with Crippen molar-refractivity contribution in [3.63, 3.8) is 0 Å². The number of amides is 1. The van der Waals surface area contributed by atoms with Crippen LogP contribution in [0.2, 0.25) is 0 Å². The van der Waals surface area contributed by atoms with Crippen LogP contribution in [0, 0.1) is 5.92 Å². The van der Waals surface area contributed by atoms with Crippen LogP contribution in [0.4, 0.5) is 0 Å². The lowest BCUT2D eigenvalue weighted by molar-refractivity contribution is -0.150. The van der Waals surface area contributed by atoms with Gasteiger partial charge in [0.25, 0.3) is 0 Å². The fourth-order valence-electron chi connectivity index (χ4n) is 2.15. The van der Waals surface area contributed by atoms with E-state index in [0.29, 0.717) is 26.2 Å². The summed E-state index contributed by atoms with van der Waals surface area (Å²) in [7, 11) is 0. The Balaban J connectivity index is 2.58. The Hall–Kier alpha value is -0.610. The second-order valence-corrected chi connectivity index (χ2v) is 5.09. The molecule has 16 heavy (non-hydrogen) atoms. The molecule has 0 spiro atoms. The van der Waals surface area contributed by atoms with E-state index in [1.807, 2.05) is 18.7 Å². The van der Waals surface area contributed by atoms with E-state index in [2.05, 4.69) is 6.92 Å². The number of hydrogen-bond donors (Lipinski definition) is 1. The summed E-state index contributed by atoms with van der Waals surface area (Å²) >= 11 is 0. The number of ether oxygens (including phenoxy) is 1. The maximum atomic E-state index is 12.2. The summed E-state index contributed by atoms with van der Waals surface area (Å²) in [6.07, 6.45) is 1.88. The molecule has 94 valence electrons. The molecule has 0 bridgehead atoms. The average molecular weight is 228 g/mol. The van der Waals surface area contributed by atoms with Crippen molar-refractivity contribution in [2.75, 3.05) is 26.2 Å². The summed E-state index contributed by atoms with van der Waals surface area (Å²) in [5.41, 5.74) is 5.43. The van der Waals surface area contributed by atoms with Crippen molar-refractivity contribution in [2.24, 2.45) is 11.7 Å². The molecule has 0 saturated carbocycles. The summed E-state index contributed by atoms with van der Waals surface area (Å²) in [5, 5.41) is 0. The lowest BCUT2D eigenvalue weighted by Gasteiger charge is -2.39. The van der Waals surface area contributed by atoms with Crippen LogP contribution in [0.1, 0.15) is 33.6 Å².